The number of likely N-dealkylation sites (N-methyl/N-ethyl adjacent to an activating group) is 1. The molecule has 120 valence electrons. The molecule has 0 spiro atoms. The second kappa shape index (κ2) is 6.91. The van der Waals surface area contributed by atoms with E-state index in [-0.39, 0.29) is 5.09 Å². The van der Waals surface area contributed by atoms with Crippen molar-refractivity contribution in [2.24, 2.45) is 0 Å². The highest BCUT2D eigenvalue weighted by Gasteiger charge is 2.26. The van der Waals surface area contributed by atoms with Crippen molar-refractivity contribution < 1.29 is 12.8 Å². The van der Waals surface area contributed by atoms with Gasteiger partial charge in [-0.05, 0) is 32.0 Å². The van der Waals surface area contributed by atoms with E-state index >= 15 is 0 Å². The van der Waals surface area contributed by atoms with E-state index < -0.39 is 10.0 Å². The van der Waals surface area contributed by atoms with Crippen LogP contribution in [-0.4, -0.2) is 45.5 Å². The zero-order valence-electron chi connectivity index (χ0n) is 12.9. The lowest BCUT2D eigenvalue weighted by Gasteiger charge is -2.15. The summed E-state index contributed by atoms with van der Waals surface area (Å²) in [4.78, 5) is 2.18. The molecule has 0 aromatic carbocycles. The first-order valence-electron chi connectivity index (χ1n) is 7.40. The molecule has 6 nitrogen and oxygen atoms in total. The minimum atomic E-state index is -3.55. The minimum absolute atomic E-state index is 0.0165. The molecule has 0 radical (unpaired) electrons. The third-order valence-electron chi connectivity index (χ3n) is 3.51. The van der Waals surface area contributed by atoms with Gasteiger partial charge in [0.1, 0.15) is 5.76 Å². The van der Waals surface area contributed by atoms with Crippen LogP contribution >= 0.6 is 0 Å². The van der Waals surface area contributed by atoms with Gasteiger partial charge in [-0.3, -0.25) is 0 Å². The van der Waals surface area contributed by atoms with Crippen molar-refractivity contribution >= 4 is 10.0 Å². The smallest absolute Gasteiger partial charge is 0.274 e. The van der Waals surface area contributed by atoms with Gasteiger partial charge in [0, 0.05) is 25.2 Å². The lowest BCUT2D eigenvalue weighted by atomic mass is 10.3. The zero-order chi connectivity index (χ0) is 15.5. The van der Waals surface area contributed by atoms with E-state index in [1.54, 1.807) is 6.07 Å². The Kier molecular flexibility index (Phi) is 5.43. The predicted octanol–water partition coefficient (Wildman–Crippen LogP) is 1.15. The van der Waals surface area contributed by atoms with E-state index in [2.05, 4.69) is 14.9 Å². The van der Waals surface area contributed by atoms with Crippen molar-refractivity contribution in [3.8, 4) is 0 Å². The maximum atomic E-state index is 12.1. The first kappa shape index (κ1) is 16.5. The average molecular weight is 315 g/mol. The summed E-state index contributed by atoms with van der Waals surface area (Å²) in [5.74, 6) is 0.624. The second-order valence-electron chi connectivity index (χ2n) is 5.87. The Morgan fingerprint density at radius 1 is 1.38 bits per heavy atom. The molecule has 0 bridgehead atoms. The molecule has 1 aromatic heterocycles. The van der Waals surface area contributed by atoms with E-state index in [0.717, 1.165) is 0 Å². The lowest BCUT2D eigenvalue weighted by molar-refractivity contribution is 0.328. The maximum Gasteiger partial charge on any atom is 0.274 e. The van der Waals surface area contributed by atoms with E-state index in [9.17, 15) is 8.42 Å². The molecule has 2 rings (SSSR count). The van der Waals surface area contributed by atoms with Gasteiger partial charge in [0.05, 0.1) is 6.54 Å². The van der Waals surface area contributed by atoms with Crippen LogP contribution < -0.4 is 10.0 Å². The van der Waals surface area contributed by atoms with Gasteiger partial charge in [-0.2, -0.15) is 0 Å². The normalized spacial score (nSPS) is 16.0. The standard InChI is InChI=1S/C14H25N3O3S/c1-11(2)15-10-13-6-7-14(20-13)21(18,19)16-8-9-17(3)12-4-5-12/h6-7,11-12,15-16H,4-5,8-10H2,1-3H3. The SMILES string of the molecule is CC(C)NCc1ccc(S(=O)(=O)NCCN(C)C2CC2)o1. The molecule has 1 aromatic rings. The van der Waals surface area contributed by atoms with Crippen LogP contribution in [0.25, 0.3) is 0 Å². The number of hydrogen-bond donors (Lipinski definition) is 2. The summed E-state index contributed by atoms with van der Waals surface area (Å²) in [6.45, 7) is 5.69. The third kappa shape index (κ3) is 5.10. The molecule has 0 aliphatic heterocycles. The largest absolute Gasteiger partial charge is 0.447 e. The van der Waals surface area contributed by atoms with Crippen LogP contribution in [0.1, 0.15) is 32.4 Å². The summed E-state index contributed by atoms with van der Waals surface area (Å²) in [5, 5.41) is 3.17. The molecule has 1 aliphatic rings. The predicted molar refractivity (Wildman–Crippen MR) is 81.5 cm³/mol. The fraction of sp³-hybridized carbons (Fsp3) is 0.714. The molecular formula is C14H25N3O3S. The topological polar surface area (TPSA) is 74.6 Å². The molecule has 1 saturated carbocycles. The average Bonchev–Trinajstić information content (AvgIpc) is 3.14. The highest BCUT2D eigenvalue weighted by atomic mass is 32.2. The van der Waals surface area contributed by atoms with Crippen molar-refractivity contribution in [3.05, 3.63) is 17.9 Å². The molecule has 2 N–H and O–H groups in total. The van der Waals surface area contributed by atoms with Gasteiger partial charge >= 0.3 is 0 Å². The molecule has 0 atom stereocenters. The summed E-state index contributed by atoms with van der Waals surface area (Å²) in [6, 6.07) is 4.16. The quantitative estimate of drug-likeness (QED) is 0.715. The zero-order valence-corrected chi connectivity index (χ0v) is 13.7. The Morgan fingerprint density at radius 2 is 2.10 bits per heavy atom. The minimum Gasteiger partial charge on any atom is -0.447 e. The van der Waals surface area contributed by atoms with E-state index in [0.29, 0.717) is 37.5 Å². The van der Waals surface area contributed by atoms with Gasteiger partial charge in [0.25, 0.3) is 10.0 Å². The van der Waals surface area contributed by atoms with Gasteiger partial charge in [0.15, 0.2) is 0 Å². The summed E-state index contributed by atoms with van der Waals surface area (Å²) < 4.78 is 32.2. The number of hydrogen-bond acceptors (Lipinski definition) is 5. The summed E-state index contributed by atoms with van der Waals surface area (Å²) >= 11 is 0. The summed E-state index contributed by atoms with van der Waals surface area (Å²) in [5.41, 5.74) is 0. The Bertz CT molecular complexity index is 550. The molecule has 0 saturated heterocycles. The van der Waals surface area contributed by atoms with Crippen LogP contribution in [0.15, 0.2) is 21.6 Å². The lowest BCUT2D eigenvalue weighted by Crippen LogP contribution is -2.33. The summed E-state index contributed by atoms with van der Waals surface area (Å²) in [6.07, 6.45) is 2.43. The maximum absolute atomic E-state index is 12.1. The molecule has 1 heterocycles. The van der Waals surface area contributed by atoms with Crippen LogP contribution in [0.5, 0.6) is 0 Å². The van der Waals surface area contributed by atoms with Crippen molar-refractivity contribution in [1.29, 1.82) is 0 Å². The highest BCUT2D eigenvalue weighted by Crippen LogP contribution is 2.24. The number of furan rings is 1. The van der Waals surface area contributed by atoms with E-state index in [1.807, 2.05) is 20.9 Å². The Morgan fingerprint density at radius 3 is 2.71 bits per heavy atom. The van der Waals surface area contributed by atoms with Gasteiger partial charge in [0.2, 0.25) is 5.09 Å². The number of nitrogens with one attached hydrogen (secondary N) is 2. The molecule has 21 heavy (non-hydrogen) atoms. The highest BCUT2D eigenvalue weighted by molar-refractivity contribution is 7.89. The van der Waals surface area contributed by atoms with Crippen molar-refractivity contribution in [2.75, 3.05) is 20.1 Å². The number of nitrogens with zero attached hydrogens (tertiary/aromatic N) is 1. The fourth-order valence-electron chi connectivity index (χ4n) is 2.03. The first-order valence-corrected chi connectivity index (χ1v) is 8.89. The van der Waals surface area contributed by atoms with Crippen molar-refractivity contribution in [1.82, 2.24) is 14.9 Å². The molecule has 1 fully saturated rings. The molecule has 0 amide bonds. The Labute approximate surface area is 126 Å². The van der Waals surface area contributed by atoms with Crippen LogP contribution in [0.4, 0.5) is 0 Å². The van der Waals surface area contributed by atoms with Crippen LogP contribution in [0.2, 0.25) is 0 Å². The van der Waals surface area contributed by atoms with Gasteiger partial charge < -0.3 is 14.6 Å². The fourth-order valence-corrected chi connectivity index (χ4v) is 2.99. The molecule has 7 heteroatoms. The van der Waals surface area contributed by atoms with Crippen molar-refractivity contribution in [2.45, 2.75) is 50.4 Å². The molecular weight excluding hydrogens is 290 g/mol. The first-order chi connectivity index (χ1) is 9.88. The van der Waals surface area contributed by atoms with Crippen molar-refractivity contribution in [3.63, 3.8) is 0 Å². The van der Waals surface area contributed by atoms with Gasteiger partial charge in [-0.15, -0.1) is 0 Å². The Hall–Kier alpha value is -0.890. The van der Waals surface area contributed by atoms with Crippen LogP contribution in [0.3, 0.4) is 0 Å². The summed E-state index contributed by atoms with van der Waals surface area (Å²) in [7, 11) is -1.53. The van der Waals surface area contributed by atoms with Gasteiger partial charge in [-0.1, -0.05) is 13.8 Å². The molecule has 0 unspecified atom stereocenters. The number of rotatable bonds is 9. The second-order valence-corrected chi connectivity index (χ2v) is 7.56. The number of sulfonamides is 1. The van der Waals surface area contributed by atoms with E-state index in [1.165, 1.54) is 18.9 Å². The molecule has 1 aliphatic carbocycles. The monoisotopic (exact) mass is 315 g/mol. The van der Waals surface area contributed by atoms with E-state index in [4.69, 9.17) is 4.42 Å². The third-order valence-corrected chi connectivity index (χ3v) is 4.85. The van der Waals surface area contributed by atoms with Crippen LogP contribution in [0, 0.1) is 0 Å². The Balaban J connectivity index is 1.83. The van der Waals surface area contributed by atoms with Gasteiger partial charge in [-0.25, -0.2) is 13.1 Å². The van der Waals surface area contributed by atoms with Crippen LogP contribution in [-0.2, 0) is 16.6 Å².